The molecule has 1 aromatic heterocycles. The summed E-state index contributed by atoms with van der Waals surface area (Å²) in [6.07, 6.45) is 2.81. The molecule has 1 rings (SSSR count). The monoisotopic (exact) mass is 299 g/mol. The summed E-state index contributed by atoms with van der Waals surface area (Å²) in [4.78, 5) is 17.3. The van der Waals surface area contributed by atoms with Gasteiger partial charge in [0.05, 0.1) is 5.56 Å². The van der Waals surface area contributed by atoms with E-state index in [1.165, 1.54) is 6.07 Å². The maximum atomic E-state index is 13.4. The van der Waals surface area contributed by atoms with Gasteiger partial charge < -0.3 is 10.2 Å². The minimum atomic E-state index is -1.25. The minimum Gasteiger partial charge on any atom is -0.349 e. The van der Waals surface area contributed by atoms with E-state index in [0.29, 0.717) is 0 Å². The van der Waals surface area contributed by atoms with Crippen molar-refractivity contribution in [2.24, 2.45) is 0 Å². The van der Waals surface area contributed by atoms with Crippen LogP contribution in [-0.2, 0) is 0 Å². The Labute approximate surface area is 124 Å². The molecule has 1 unspecified atom stereocenters. The molecule has 6 heteroatoms. The number of hydrogen-bond acceptors (Lipinski definition) is 3. The molecule has 21 heavy (non-hydrogen) atoms. The highest BCUT2D eigenvalue weighted by Crippen LogP contribution is 2.09. The fourth-order valence-corrected chi connectivity index (χ4v) is 2.13. The van der Waals surface area contributed by atoms with Gasteiger partial charge in [-0.05, 0) is 45.5 Å². The van der Waals surface area contributed by atoms with Crippen molar-refractivity contribution in [1.29, 1.82) is 0 Å². The normalized spacial score (nSPS) is 12.5. The van der Waals surface area contributed by atoms with Gasteiger partial charge in [-0.1, -0.05) is 13.8 Å². The Morgan fingerprint density at radius 2 is 2.05 bits per heavy atom. The average Bonchev–Trinajstić information content (AvgIpc) is 2.46. The molecule has 1 atom stereocenters. The Balaban J connectivity index is 2.45. The molecule has 0 fully saturated rings. The first-order valence-electron chi connectivity index (χ1n) is 7.32. The summed E-state index contributed by atoms with van der Waals surface area (Å²) in [6.45, 7) is 9.03. The summed E-state index contributed by atoms with van der Waals surface area (Å²) in [5, 5.41) is 2.68. The summed E-state index contributed by atoms with van der Waals surface area (Å²) in [5.41, 5.74) is -0.307. The number of nitrogens with one attached hydrogen (secondary N) is 1. The summed E-state index contributed by atoms with van der Waals surface area (Å²) in [6, 6.07) is 1.08. The second kappa shape index (κ2) is 8.67. The molecule has 118 valence electrons. The highest BCUT2D eigenvalue weighted by Gasteiger charge is 2.17. The first-order valence-corrected chi connectivity index (χ1v) is 7.32. The van der Waals surface area contributed by atoms with Crippen LogP contribution in [0, 0.1) is 11.8 Å². The number of hydrogen-bond donors (Lipinski definition) is 1. The molecule has 0 aliphatic rings. The fourth-order valence-electron chi connectivity index (χ4n) is 2.13. The standard InChI is InChI=1S/C15H23F2N3O/c1-4-20(5-2)10-6-7-11(3)19-15(21)12-8-9-18-14(17)13(12)16/h8-9,11H,4-7,10H2,1-3H3,(H,19,21). The molecule has 1 heterocycles. The predicted octanol–water partition coefficient (Wildman–Crippen LogP) is 2.60. The molecule has 0 aliphatic heterocycles. The van der Waals surface area contributed by atoms with Crippen molar-refractivity contribution in [3.05, 3.63) is 29.6 Å². The van der Waals surface area contributed by atoms with Crippen molar-refractivity contribution < 1.29 is 13.6 Å². The van der Waals surface area contributed by atoms with Gasteiger partial charge in [0, 0.05) is 12.2 Å². The minimum absolute atomic E-state index is 0.0938. The van der Waals surface area contributed by atoms with Gasteiger partial charge in [0.15, 0.2) is 5.82 Å². The predicted molar refractivity (Wildman–Crippen MR) is 78.1 cm³/mol. The lowest BCUT2D eigenvalue weighted by Gasteiger charge is -2.19. The Kier molecular flexibility index (Phi) is 7.22. The third kappa shape index (κ3) is 5.38. The Bertz CT molecular complexity index is 464. The van der Waals surface area contributed by atoms with Crippen LogP contribution in [0.5, 0.6) is 0 Å². The molecule has 1 N–H and O–H groups in total. The molecule has 0 radical (unpaired) electrons. The van der Waals surface area contributed by atoms with E-state index in [4.69, 9.17) is 0 Å². The summed E-state index contributed by atoms with van der Waals surface area (Å²) in [7, 11) is 0. The van der Waals surface area contributed by atoms with Gasteiger partial charge in [0.25, 0.3) is 5.91 Å². The summed E-state index contributed by atoms with van der Waals surface area (Å²) < 4.78 is 26.4. The highest BCUT2D eigenvalue weighted by molar-refractivity contribution is 5.94. The molecule has 4 nitrogen and oxygen atoms in total. The second-order valence-electron chi connectivity index (χ2n) is 5.01. The maximum Gasteiger partial charge on any atom is 0.254 e. The van der Waals surface area contributed by atoms with E-state index in [0.717, 1.165) is 38.7 Å². The molecule has 0 saturated carbocycles. The van der Waals surface area contributed by atoms with E-state index in [1.807, 2.05) is 6.92 Å². The van der Waals surface area contributed by atoms with E-state index < -0.39 is 17.7 Å². The molecule has 1 aromatic rings. The summed E-state index contributed by atoms with van der Waals surface area (Å²) in [5.74, 6) is -3.06. The van der Waals surface area contributed by atoms with E-state index >= 15 is 0 Å². The molecule has 0 spiro atoms. The van der Waals surface area contributed by atoms with Gasteiger partial charge in [-0.15, -0.1) is 0 Å². The maximum absolute atomic E-state index is 13.4. The van der Waals surface area contributed by atoms with Gasteiger partial charge in [-0.25, -0.2) is 9.37 Å². The SMILES string of the molecule is CCN(CC)CCCC(C)NC(=O)c1ccnc(F)c1F. The van der Waals surface area contributed by atoms with E-state index in [-0.39, 0.29) is 11.6 Å². The Hall–Kier alpha value is -1.56. The van der Waals surface area contributed by atoms with Crippen LogP contribution in [-0.4, -0.2) is 41.5 Å². The van der Waals surface area contributed by atoms with Crippen molar-refractivity contribution in [3.8, 4) is 0 Å². The largest absolute Gasteiger partial charge is 0.349 e. The zero-order valence-electron chi connectivity index (χ0n) is 12.8. The lowest BCUT2D eigenvalue weighted by atomic mass is 10.1. The Morgan fingerprint density at radius 1 is 1.38 bits per heavy atom. The highest BCUT2D eigenvalue weighted by atomic mass is 19.2. The van der Waals surface area contributed by atoms with Crippen LogP contribution in [0.1, 0.15) is 44.0 Å². The van der Waals surface area contributed by atoms with Crippen LogP contribution in [0.4, 0.5) is 8.78 Å². The third-order valence-electron chi connectivity index (χ3n) is 3.47. The van der Waals surface area contributed by atoms with Crippen LogP contribution >= 0.6 is 0 Å². The second-order valence-corrected chi connectivity index (χ2v) is 5.01. The van der Waals surface area contributed by atoms with Gasteiger partial charge in [0.1, 0.15) is 0 Å². The molecule has 1 amide bonds. The number of rotatable bonds is 8. The van der Waals surface area contributed by atoms with Gasteiger partial charge in [-0.3, -0.25) is 4.79 Å². The van der Waals surface area contributed by atoms with Gasteiger partial charge >= 0.3 is 0 Å². The number of amides is 1. The first-order chi connectivity index (χ1) is 9.99. The van der Waals surface area contributed by atoms with Crippen molar-refractivity contribution in [2.45, 2.75) is 39.7 Å². The van der Waals surface area contributed by atoms with E-state index in [2.05, 4.69) is 29.0 Å². The smallest absolute Gasteiger partial charge is 0.254 e. The summed E-state index contributed by atoms with van der Waals surface area (Å²) >= 11 is 0. The molecule has 0 saturated heterocycles. The Morgan fingerprint density at radius 3 is 2.67 bits per heavy atom. The van der Waals surface area contributed by atoms with Gasteiger partial charge in [0.2, 0.25) is 5.95 Å². The van der Waals surface area contributed by atoms with E-state index in [9.17, 15) is 13.6 Å². The van der Waals surface area contributed by atoms with Crippen molar-refractivity contribution in [3.63, 3.8) is 0 Å². The quantitative estimate of drug-likeness (QED) is 0.751. The lowest BCUT2D eigenvalue weighted by molar-refractivity contribution is 0.0931. The number of aromatic nitrogens is 1. The number of halogens is 2. The third-order valence-corrected chi connectivity index (χ3v) is 3.47. The number of pyridine rings is 1. The van der Waals surface area contributed by atoms with Crippen molar-refractivity contribution in [1.82, 2.24) is 15.2 Å². The number of carbonyl (C=O) groups is 1. The number of carbonyl (C=O) groups excluding carboxylic acids is 1. The lowest BCUT2D eigenvalue weighted by Crippen LogP contribution is -2.34. The topological polar surface area (TPSA) is 45.2 Å². The molecule has 0 aliphatic carbocycles. The van der Waals surface area contributed by atoms with Crippen LogP contribution in [0.25, 0.3) is 0 Å². The van der Waals surface area contributed by atoms with Crippen LogP contribution in [0.2, 0.25) is 0 Å². The zero-order valence-corrected chi connectivity index (χ0v) is 12.8. The van der Waals surface area contributed by atoms with Crippen LogP contribution in [0.15, 0.2) is 12.3 Å². The van der Waals surface area contributed by atoms with Crippen LogP contribution < -0.4 is 5.32 Å². The van der Waals surface area contributed by atoms with Gasteiger partial charge in [-0.2, -0.15) is 4.39 Å². The number of nitrogens with zero attached hydrogens (tertiary/aromatic N) is 2. The zero-order chi connectivity index (χ0) is 15.8. The van der Waals surface area contributed by atoms with Crippen molar-refractivity contribution >= 4 is 5.91 Å². The average molecular weight is 299 g/mol. The fraction of sp³-hybridized carbons (Fsp3) is 0.600. The molecular formula is C15H23F2N3O. The van der Waals surface area contributed by atoms with Crippen molar-refractivity contribution in [2.75, 3.05) is 19.6 Å². The molecule has 0 bridgehead atoms. The first kappa shape index (κ1) is 17.5. The van der Waals surface area contributed by atoms with E-state index in [1.54, 1.807) is 0 Å². The molecule has 0 aromatic carbocycles. The molecular weight excluding hydrogens is 276 g/mol. The van der Waals surface area contributed by atoms with Crippen LogP contribution in [0.3, 0.4) is 0 Å².